The van der Waals surface area contributed by atoms with Crippen LogP contribution in [0.25, 0.3) is 21.8 Å². The Balaban J connectivity index is 1.92. The maximum absolute atomic E-state index is 11.1. The van der Waals surface area contributed by atoms with E-state index in [1.54, 1.807) is 18.3 Å². The van der Waals surface area contributed by atoms with Gasteiger partial charge >= 0.3 is 5.97 Å². The van der Waals surface area contributed by atoms with Crippen LogP contribution in [0, 0.1) is 5.92 Å². The highest BCUT2D eigenvalue weighted by Gasteiger charge is 2.23. The van der Waals surface area contributed by atoms with Crippen molar-refractivity contribution in [1.29, 1.82) is 0 Å². The highest BCUT2D eigenvalue weighted by atomic mass is 16.4. The van der Waals surface area contributed by atoms with Gasteiger partial charge in [0.25, 0.3) is 0 Å². The van der Waals surface area contributed by atoms with Crippen LogP contribution in [0.3, 0.4) is 0 Å². The van der Waals surface area contributed by atoms with Crippen molar-refractivity contribution in [2.75, 3.05) is 5.73 Å². The topological polar surface area (TPSA) is 102 Å². The lowest BCUT2D eigenvalue weighted by atomic mass is 10.1. The minimum absolute atomic E-state index is 0.185. The Morgan fingerprint density at radius 1 is 1.27 bits per heavy atom. The van der Waals surface area contributed by atoms with Crippen molar-refractivity contribution in [2.45, 2.75) is 19.3 Å². The summed E-state index contributed by atoms with van der Waals surface area (Å²) in [5, 5.41) is 10.7. The van der Waals surface area contributed by atoms with Gasteiger partial charge in [0.2, 0.25) is 0 Å². The van der Waals surface area contributed by atoms with Crippen LogP contribution in [-0.2, 0) is 6.42 Å². The molecule has 1 saturated carbocycles. The molecule has 1 aromatic carbocycles. The van der Waals surface area contributed by atoms with E-state index in [-0.39, 0.29) is 5.56 Å². The van der Waals surface area contributed by atoms with E-state index in [2.05, 4.69) is 15.0 Å². The minimum atomic E-state index is -0.988. The number of fused-ring (bicyclic) bond motifs is 3. The minimum Gasteiger partial charge on any atom is -0.478 e. The van der Waals surface area contributed by atoms with E-state index in [4.69, 9.17) is 10.8 Å². The molecule has 6 heteroatoms. The molecule has 0 spiro atoms. The lowest BCUT2D eigenvalue weighted by molar-refractivity contribution is 0.0697. The monoisotopic (exact) mass is 294 g/mol. The normalized spacial score (nSPS) is 14.5. The second kappa shape index (κ2) is 4.62. The molecule has 6 nitrogen and oxygen atoms in total. The molecule has 0 unspecified atom stereocenters. The van der Waals surface area contributed by atoms with Gasteiger partial charge in [-0.1, -0.05) is 6.07 Å². The molecule has 0 bridgehead atoms. The molecule has 3 aromatic rings. The first-order valence-electron chi connectivity index (χ1n) is 7.20. The van der Waals surface area contributed by atoms with Gasteiger partial charge < -0.3 is 10.8 Å². The fraction of sp³-hybridized carbons (Fsp3) is 0.250. The summed E-state index contributed by atoms with van der Waals surface area (Å²) in [4.78, 5) is 24.3. The number of aromatic carboxylic acids is 1. The molecule has 4 rings (SSSR count). The van der Waals surface area contributed by atoms with Gasteiger partial charge in [-0.3, -0.25) is 0 Å². The van der Waals surface area contributed by atoms with Crippen molar-refractivity contribution >= 4 is 33.6 Å². The van der Waals surface area contributed by atoms with E-state index < -0.39 is 5.97 Å². The zero-order chi connectivity index (χ0) is 15.3. The summed E-state index contributed by atoms with van der Waals surface area (Å²) < 4.78 is 0. The fourth-order valence-electron chi connectivity index (χ4n) is 2.66. The van der Waals surface area contributed by atoms with Crippen molar-refractivity contribution < 1.29 is 9.90 Å². The molecule has 0 saturated heterocycles. The highest BCUT2D eigenvalue weighted by Crippen LogP contribution is 2.33. The summed E-state index contributed by atoms with van der Waals surface area (Å²) in [5.41, 5.74) is 7.39. The number of anilines is 1. The molecule has 2 heterocycles. The van der Waals surface area contributed by atoms with Gasteiger partial charge in [0.1, 0.15) is 11.3 Å². The van der Waals surface area contributed by atoms with Crippen LogP contribution >= 0.6 is 0 Å². The Morgan fingerprint density at radius 3 is 2.82 bits per heavy atom. The third-order valence-corrected chi connectivity index (χ3v) is 4.03. The molecular weight excluding hydrogens is 280 g/mol. The van der Waals surface area contributed by atoms with Gasteiger partial charge in [0, 0.05) is 23.4 Å². The summed E-state index contributed by atoms with van der Waals surface area (Å²) in [7, 11) is 0. The summed E-state index contributed by atoms with van der Waals surface area (Å²) in [5.74, 6) is 0.818. The number of rotatable bonds is 3. The van der Waals surface area contributed by atoms with Crippen molar-refractivity contribution in [3.05, 3.63) is 35.8 Å². The first kappa shape index (κ1) is 12.9. The molecule has 0 aliphatic heterocycles. The van der Waals surface area contributed by atoms with Gasteiger partial charge in [-0.15, -0.1) is 0 Å². The zero-order valence-corrected chi connectivity index (χ0v) is 11.8. The number of benzene rings is 1. The van der Waals surface area contributed by atoms with Crippen molar-refractivity contribution in [3.8, 4) is 0 Å². The van der Waals surface area contributed by atoms with Crippen LogP contribution in [0.15, 0.2) is 24.4 Å². The number of hydrogen-bond acceptors (Lipinski definition) is 5. The molecule has 2 aromatic heterocycles. The van der Waals surface area contributed by atoms with Gasteiger partial charge in [0.05, 0.1) is 11.1 Å². The predicted molar refractivity (Wildman–Crippen MR) is 82.6 cm³/mol. The number of pyridine rings is 1. The second-order valence-corrected chi connectivity index (χ2v) is 5.73. The van der Waals surface area contributed by atoms with Gasteiger partial charge in [0.15, 0.2) is 5.82 Å². The Morgan fingerprint density at radius 2 is 2.09 bits per heavy atom. The van der Waals surface area contributed by atoms with E-state index in [0.29, 0.717) is 22.8 Å². The van der Waals surface area contributed by atoms with E-state index in [1.807, 2.05) is 0 Å². The average Bonchev–Trinajstić information content (AvgIpc) is 3.31. The lowest BCUT2D eigenvalue weighted by Crippen LogP contribution is -2.02. The van der Waals surface area contributed by atoms with Crippen molar-refractivity contribution in [1.82, 2.24) is 15.0 Å². The quantitative estimate of drug-likeness (QED) is 0.719. The Kier molecular flexibility index (Phi) is 2.72. The summed E-state index contributed by atoms with van der Waals surface area (Å²) in [6, 6.07) is 4.81. The number of nitrogens with two attached hydrogens (primary N) is 1. The number of nitrogen functional groups attached to an aromatic ring is 1. The SMILES string of the molecule is Nc1nc2cc(C(=O)O)ccc2c2cnc(CC3CC3)nc12. The number of aromatic nitrogens is 3. The molecule has 110 valence electrons. The highest BCUT2D eigenvalue weighted by molar-refractivity contribution is 6.09. The lowest BCUT2D eigenvalue weighted by Gasteiger charge is -2.08. The Bertz CT molecular complexity index is 919. The second-order valence-electron chi connectivity index (χ2n) is 5.73. The molecule has 0 atom stereocenters. The van der Waals surface area contributed by atoms with E-state index >= 15 is 0 Å². The predicted octanol–water partition coefficient (Wildman–Crippen LogP) is 2.41. The zero-order valence-electron chi connectivity index (χ0n) is 11.8. The van der Waals surface area contributed by atoms with Gasteiger partial charge in [-0.25, -0.2) is 19.7 Å². The molecule has 0 radical (unpaired) electrons. The number of hydrogen-bond donors (Lipinski definition) is 2. The molecule has 1 fully saturated rings. The number of nitrogens with zero attached hydrogens (tertiary/aromatic N) is 3. The largest absolute Gasteiger partial charge is 0.478 e. The maximum Gasteiger partial charge on any atom is 0.335 e. The first-order valence-corrected chi connectivity index (χ1v) is 7.20. The number of carboxylic acid groups (broad SMARTS) is 1. The van der Waals surface area contributed by atoms with E-state index in [1.165, 1.54) is 18.9 Å². The van der Waals surface area contributed by atoms with Gasteiger partial charge in [-0.2, -0.15) is 0 Å². The smallest absolute Gasteiger partial charge is 0.335 e. The average molecular weight is 294 g/mol. The summed E-state index contributed by atoms with van der Waals surface area (Å²) >= 11 is 0. The standard InChI is InChI=1S/C16H14N4O2/c17-15-14-11(7-18-13(20-14)5-8-1-2-8)10-4-3-9(16(21)22)6-12(10)19-15/h3-4,6-8H,1-2,5H2,(H2,17,19)(H,21,22). The number of carboxylic acids is 1. The van der Waals surface area contributed by atoms with Crippen LogP contribution in [0.2, 0.25) is 0 Å². The van der Waals surface area contributed by atoms with Crippen molar-refractivity contribution in [3.63, 3.8) is 0 Å². The van der Waals surface area contributed by atoms with E-state index in [0.717, 1.165) is 23.0 Å². The van der Waals surface area contributed by atoms with Crippen LogP contribution in [-0.4, -0.2) is 26.0 Å². The molecule has 0 amide bonds. The van der Waals surface area contributed by atoms with E-state index in [9.17, 15) is 4.79 Å². The Hall–Kier alpha value is -2.76. The van der Waals surface area contributed by atoms with Crippen LogP contribution in [0.4, 0.5) is 5.82 Å². The Labute approximate surface area is 126 Å². The van der Waals surface area contributed by atoms with Crippen LogP contribution < -0.4 is 5.73 Å². The fourth-order valence-corrected chi connectivity index (χ4v) is 2.66. The van der Waals surface area contributed by atoms with Crippen LogP contribution in [0.1, 0.15) is 29.0 Å². The van der Waals surface area contributed by atoms with Gasteiger partial charge in [-0.05, 0) is 30.9 Å². The third kappa shape index (κ3) is 2.13. The molecule has 22 heavy (non-hydrogen) atoms. The van der Waals surface area contributed by atoms with Crippen molar-refractivity contribution in [2.24, 2.45) is 5.92 Å². The molecular formula is C16H14N4O2. The third-order valence-electron chi connectivity index (χ3n) is 4.03. The number of carbonyl (C=O) groups is 1. The summed E-state index contributed by atoms with van der Waals surface area (Å²) in [6.45, 7) is 0. The molecule has 1 aliphatic carbocycles. The molecule has 1 aliphatic rings. The van der Waals surface area contributed by atoms with Crippen LogP contribution in [0.5, 0.6) is 0 Å². The summed E-state index contributed by atoms with van der Waals surface area (Å²) in [6.07, 6.45) is 5.13. The maximum atomic E-state index is 11.1. The molecule has 3 N–H and O–H groups in total. The first-order chi connectivity index (χ1) is 10.6.